The topological polar surface area (TPSA) is 84.3 Å². The standard InChI is InChI=1S/C16H20N4O3S/c1-12(11-19-8-3-7-17-19)18-24(22,23)15-4-5-16-14(10-15)6-9-20(16)13(2)21/h3-5,7-8,10,12,18H,6,9,11H2,1-2H3/t12-/m0/s1. The van der Waals surface area contributed by atoms with E-state index < -0.39 is 10.0 Å². The fourth-order valence-corrected chi connectivity index (χ4v) is 4.22. The summed E-state index contributed by atoms with van der Waals surface area (Å²) in [6.07, 6.45) is 4.11. The predicted molar refractivity (Wildman–Crippen MR) is 90.2 cm³/mol. The smallest absolute Gasteiger partial charge is 0.240 e. The summed E-state index contributed by atoms with van der Waals surface area (Å²) in [5.74, 6) is -0.0321. The van der Waals surface area contributed by atoms with Crippen molar-refractivity contribution >= 4 is 21.6 Å². The molecule has 1 amide bonds. The molecule has 0 saturated heterocycles. The number of fused-ring (bicyclic) bond motifs is 1. The van der Waals surface area contributed by atoms with Crippen LogP contribution in [-0.4, -0.2) is 36.7 Å². The Labute approximate surface area is 141 Å². The number of hydrogen-bond acceptors (Lipinski definition) is 4. The van der Waals surface area contributed by atoms with Gasteiger partial charge in [0, 0.05) is 37.6 Å². The van der Waals surface area contributed by atoms with Crippen LogP contribution in [0.2, 0.25) is 0 Å². The SMILES string of the molecule is CC(=O)N1CCc2cc(S(=O)(=O)N[C@@H](C)Cn3cccn3)ccc21. The van der Waals surface area contributed by atoms with Crippen LogP contribution >= 0.6 is 0 Å². The summed E-state index contributed by atoms with van der Waals surface area (Å²) in [5, 5.41) is 4.08. The first kappa shape index (κ1) is 16.7. The number of hydrogen-bond donors (Lipinski definition) is 1. The second kappa shape index (κ2) is 6.37. The van der Waals surface area contributed by atoms with E-state index in [-0.39, 0.29) is 16.8 Å². The van der Waals surface area contributed by atoms with Crippen molar-refractivity contribution in [2.24, 2.45) is 0 Å². The van der Waals surface area contributed by atoms with Gasteiger partial charge in [-0.05, 0) is 43.2 Å². The van der Waals surface area contributed by atoms with Crippen LogP contribution in [0, 0.1) is 0 Å². The Hall–Kier alpha value is -2.19. The highest BCUT2D eigenvalue weighted by atomic mass is 32.2. The molecule has 0 fully saturated rings. The Bertz CT molecular complexity index is 846. The van der Waals surface area contributed by atoms with Crippen molar-refractivity contribution in [3.8, 4) is 0 Å². The molecule has 1 aromatic heterocycles. The van der Waals surface area contributed by atoms with Crippen molar-refractivity contribution in [3.63, 3.8) is 0 Å². The van der Waals surface area contributed by atoms with Gasteiger partial charge in [0.15, 0.2) is 0 Å². The van der Waals surface area contributed by atoms with E-state index in [1.54, 1.807) is 53.2 Å². The number of nitrogens with zero attached hydrogens (tertiary/aromatic N) is 3. The normalized spacial score (nSPS) is 15.3. The molecular formula is C16H20N4O3S. The Balaban J connectivity index is 1.77. The third-order valence-corrected chi connectivity index (χ3v) is 5.60. The molecule has 1 N–H and O–H groups in total. The number of carbonyl (C=O) groups is 1. The lowest BCUT2D eigenvalue weighted by Gasteiger charge is -2.16. The molecule has 7 nitrogen and oxygen atoms in total. The molecular weight excluding hydrogens is 328 g/mol. The third kappa shape index (κ3) is 3.34. The van der Waals surface area contributed by atoms with E-state index in [0.717, 1.165) is 11.3 Å². The van der Waals surface area contributed by atoms with Crippen LogP contribution in [0.25, 0.3) is 0 Å². The molecule has 1 atom stereocenters. The third-order valence-electron chi connectivity index (χ3n) is 4.01. The summed E-state index contributed by atoms with van der Waals surface area (Å²) in [6, 6.07) is 6.40. The number of anilines is 1. The summed E-state index contributed by atoms with van der Waals surface area (Å²) in [4.78, 5) is 13.5. The van der Waals surface area contributed by atoms with Crippen molar-refractivity contribution in [1.82, 2.24) is 14.5 Å². The lowest BCUT2D eigenvalue weighted by Crippen LogP contribution is -2.35. The molecule has 0 unspecified atom stereocenters. The molecule has 0 radical (unpaired) electrons. The van der Waals surface area contributed by atoms with Crippen molar-refractivity contribution in [2.75, 3.05) is 11.4 Å². The summed E-state index contributed by atoms with van der Waals surface area (Å²) < 4.78 is 29.5. The lowest BCUT2D eigenvalue weighted by atomic mass is 10.2. The van der Waals surface area contributed by atoms with Crippen LogP contribution in [0.3, 0.4) is 0 Å². The van der Waals surface area contributed by atoms with Gasteiger partial charge >= 0.3 is 0 Å². The fraction of sp³-hybridized carbons (Fsp3) is 0.375. The molecule has 0 aliphatic carbocycles. The van der Waals surface area contributed by atoms with Gasteiger partial charge < -0.3 is 4.90 Å². The Morgan fingerprint density at radius 1 is 1.42 bits per heavy atom. The number of nitrogens with one attached hydrogen (secondary N) is 1. The highest BCUT2D eigenvalue weighted by molar-refractivity contribution is 7.89. The molecule has 128 valence electrons. The lowest BCUT2D eigenvalue weighted by molar-refractivity contribution is -0.116. The van der Waals surface area contributed by atoms with E-state index in [4.69, 9.17) is 0 Å². The van der Waals surface area contributed by atoms with Crippen molar-refractivity contribution in [2.45, 2.75) is 37.8 Å². The number of sulfonamides is 1. The molecule has 0 bridgehead atoms. The zero-order chi connectivity index (χ0) is 17.3. The van der Waals surface area contributed by atoms with Crippen LogP contribution < -0.4 is 9.62 Å². The quantitative estimate of drug-likeness (QED) is 0.879. The van der Waals surface area contributed by atoms with Gasteiger partial charge in [0.1, 0.15) is 0 Å². The highest BCUT2D eigenvalue weighted by Crippen LogP contribution is 2.30. The van der Waals surface area contributed by atoms with E-state index >= 15 is 0 Å². The van der Waals surface area contributed by atoms with Crippen LogP contribution in [0.1, 0.15) is 19.4 Å². The largest absolute Gasteiger partial charge is 0.312 e. The van der Waals surface area contributed by atoms with Crippen molar-refractivity contribution < 1.29 is 13.2 Å². The van der Waals surface area contributed by atoms with E-state index in [9.17, 15) is 13.2 Å². The number of rotatable bonds is 5. The fourth-order valence-electron chi connectivity index (χ4n) is 2.93. The van der Waals surface area contributed by atoms with Crippen LogP contribution in [0.5, 0.6) is 0 Å². The van der Waals surface area contributed by atoms with E-state index in [1.807, 2.05) is 0 Å². The molecule has 1 aromatic carbocycles. The van der Waals surface area contributed by atoms with Gasteiger partial charge in [-0.1, -0.05) is 0 Å². The Morgan fingerprint density at radius 2 is 2.21 bits per heavy atom. The van der Waals surface area contributed by atoms with Gasteiger partial charge in [0.25, 0.3) is 0 Å². The molecule has 0 spiro atoms. The first-order valence-electron chi connectivity index (χ1n) is 7.77. The average Bonchev–Trinajstić information content (AvgIpc) is 3.14. The minimum atomic E-state index is -3.62. The van der Waals surface area contributed by atoms with E-state index in [1.165, 1.54) is 6.92 Å². The second-order valence-corrected chi connectivity index (χ2v) is 7.68. The Kier molecular flexibility index (Phi) is 4.42. The molecule has 2 aromatic rings. The second-order valence-electron chi connectivity index (χ2n) is 5.96. The molecule has 1 aliphatic rings. The summed E-state index contributed by atoms with van der Waals surface area (Å²) in [5.41, 5.74) is 1.68. The number of benzene rings is 1. The average molecular weight is 348 g/mol. The van der Waals surface area contributed by atoms with Gasteiger partial charge in [-0.2, -0.15) is 5.10 Å². The first-order valence-corrected chi connectivity index (χ1v) is 9.26. The molecule has 0 saturated carbocycles. The highest BCUT2D eigenvalue weighted by Gasteiger charge is 2.25. The number of amides is 1. The van der Waals surface area contributed by atoms with Gasteiger partial charge in [0.2, 0.25) is 15.9 Å². The molecule has 8 heteroatoms. The molecule has 1 aliphatic heterocycles. The molecule has 24 heavy (non-hydrogen) atoms. The van der Waals surface area contributed by atoms with Gasteiger partial charge in [0.05, 0.1) is 11.4 Å². The van der Waals surface area contributed by atoms with Gasteiger partial charge in [-0.15, -0.1) is 0 Å². The zero-order valence-corrected chi connectivity index (χ0v) is 14.5. The van der Waals surface area contributed by atoms with Crippen LogP contribution in [0.15, 0.2) is 41.6 Å². The summed E-state index contributed by atoms with van der Waals surface area (Å²) in [7, 11) is -3.62. The molecule has 2 heterocycles. The minimum absolute atomic E-state index is 0.0321. The van der Waals surface area contributed by atoms with Gasteiger partial charge in [-0.25, -0.2) is 13.1 Å². The van der Waals surface area contributed by atoms with Crippen molar-refractivity contribution in [1.29, 1.82) is 0 Å². The maximum atomic E-state index is 12.6. The van der Waals surface area contributed by atoms with Crippen molar-refractivity contribution in [3.05, 3.63) is 42.2 Å². The van der Waals surface area contributed by atoms with Gasteiger partial charge in [-0.3, -0.25) is 9.48 Å². The first-order chi connectivity index (χ1) is 11.4. The number of aromatic nitrogens is 2. The maximum absolute atomic E-state index is 12.6. The minimum Gasteiger partial charge on any atom is -0.312 e. The van der Waals surface area contributed by atoms with E-state index in [0.29, 0.717) is 19.5 Å². The van der Waals surface area contributed by atoms with Crippen LogP contribution in [-0.2, 0) is 27.8 Å². The number of carbonyl (C=O) groups excluding carboxylic acids is 1. The maximum Gasteiger partial charge on any atom is 0.240 e. The Morgan fingerprint density at radius 3 is 2.88 bits per heavy atom. The molecule has 3 rings (SSSR count). The summed E-state index contributed by atoms with van der Waals surface area (Å²) >= 11 is 0. The summed E-state index contributed by atoms with van der Waals surface area (Å²) in [6.45, 7) is 4.36. The predicted octanol–water partition coefficient (Wildman–Crippen LogP) is 1.16. The van der Waals surface area contributed by atoms with E-state index in [2.05, 4.69) is 9.82 Å². The van der Waals surface area contributed by atoms with Crippen LogP contribution in [0.4, 0.5) is 5.69 Å². The monoisotopic (exact) mass is 348 g/mol. The zero-order valence-electron chi connectivity index (χ0n) is 13.6.